The maximum atomic E-state index is 12.2. The Balaban J connectivity index is 2.60. The molecular weight excluding hydrogens is 178 g/mol. The molecule has 1 aromatic heterocycles. The highest BCUT2D eigenvalue weighted by Gasteiger charge is 2.07. The van der Waals surface area contributed by atoms with Gasteiger partial charge in [0.2, 0.25) is 0 Å². The summed E-state index contributed by atoms with van der Waals surface area (Å²) >= 11 is 1.36. The maximum Gasteiger partial charge on any atom is 0.263 e. The first-order valence-corrected chi connectivity index (χ1v) is 4.27. The number of fused-ring (bicyclic) bond motifs is 1. The van der Waals surface area contributed by atoms with Crippen LogP contribution in [0.1, 0.15) is 12.0 Å². The average molecular weight is 183 g/mol. The molecule has 0 N–H and O–H groups in total. The van der Waals surface area contributed by atoms with Crippen molar-refractivity contribution in [3.8, 4) is 0 Å². The lowest BCUT2D eigenvalue weighted by atomic mass is 10.2. The Morgan fingerprint density at radius 1 is 1.33 bits per heavy atom. The van der Waals surface area contributed by atoms with Crippen LogP contribution in [0.5, 0.6) is 0 Å². The molecule has 0 amide bonds. The average Bonchev–Trinajstić information content (AvgIpc) is 2.49. The zero-order chi connectivity index (χ0) is 8.55. The quantitative estimate of drug-likeness (QED) is 0.633. The van der Waals surface area contributed by atoms with Gasteiger partial charge >= 0.3 is 0 Å². The van der Waals surface area contributed by atoms with Gasteiger partial charge in [-0.1, -0.05) is 12.1 Å². The minimum absolute atomic E-state index is 0.0818. The van der Waals surface area contributed by atoms with E-state index in [1.807, 2.05) is 0 Å². The van der Waals surface area contributed by atoms with Gasteiger partial charge in [-0.3, -0.25) is 0 Å². The first kappa shape index (κ1) is 7.68. The van der Waals surface area contributed by atoms with E-state index in [2.05, 4.69) is 5.38 Å². The van der Waals surface area contributed by atoms with Gasteiger partial charge in [-0.15, -0.1) is 11.3 Å². The van der Waals surface area contributed by atoms with E-state index in [0.29, 0.717) is 0 Å². The number of thiophene rings is 1. The fraction of sp³-hybridized carbons (Fsp3) is 0.111. The fourth-order valence-electron chi connectivity index (χ4n) is 1.05. The third-order valence-electron chi connectivity index (χ3n) is 1.67. The van der Waals surface area contributed by atoms with Gasteiger partial charge in [0.1, 0.15) is 0 Å². The largest absolute Gasteiger partial charge is 0.263 e. The van der Waals surface area contributed by atoms with Crippen LogP contribution >= 0.6 is 11.3 Å². The predicted octanol–water partition coefficient (Wildman–Crippen LogP) is 3.64. The van der Waals surface area contributed by atoms with E-state index in [0.717, 1.165) is 10.1 Å². The van der Waals surface area contributed by atoms with Crippen molar-refractivity contribution in [2.75, 3.05) is 0 Å². The molecule has 2 rings (SSSR count). The lowest BCUT2D eigenvalue weighted by molar-refractivity contribution is 0.151. The Bertz CT molecular complexity index is 392. The highest BCUT2D eigenvalue weighted by atomic mass is 32.1. The molecule has 2 aromatic rings. The van der Waals surface area contributed by atoms with Crippen LogP contribution in [0.4, 0.5) is 8.78 Å². The van der Waals surface area contributed by atoms with Crippen LogP contribution in [-0.4, -0.2) is 0 Å². The Kier molecular flexibility index (Phi) is 1.81. The van der Waals surface area contributed by atoms with E-state index in [-0.39, 0.29) is 5.56 Å². The van der Waals surface area contributed by atoms with E-state index >= 15 is 0 Å². The van der Waals surface area contributed by atoms with Gasteiger partial charge < -0.3 is 0 Å². The molecule has 0 atom stereocenters. The maximum absolute atomic E-state index is 12.2. The van der Waals surface area contributed by atoms with Crippen molar-refractivity contribution in [2.45, 2.75) is 6.43 Å². The summed E-state index contributed by atoms with van der Waals surface area (Å²) in [5.74, 6) is 0. The summed E-state index contributed by atoms with van der Waals surface area (Å²) in [5, 5.41) is 3.88. The van der Waals surface area contributed by atoms with Crippen LogP contribution in [0, 0.1) is 5.38 Å². The number of halogens is 2. The first-order chi connectivity index (χ1) is 5.77. The molecule has 0 spiro atoms. The van der Waals surface area contributed by atoms with Crippen molar-refractivity contribution in [2.24, 2.45) is 0 Å². The minimum atomic E-state index is -2.38. The third-order valence-corrected chi connectivity index (χ3v) is 2.48. The molecule has 0 aliphatic heterocycles. The van der Waals surface area contributed by atoms with Crippen molar-refractivity contribution in [3.05, 3.63) is 35.2 Å². The highest BCUT2D eigenvalue weighted by Crippen LogP contribution is 2.26. The summed E-state index contributed by atoms with van der Waals surface area (Å²) in [6, 6.07) is 6.47. The summed E-state index contributed by atoms with van der Waals surface area (Å²) in [4.78, 5) is 0. The van der Waals surface area contributed by atoms with Gasteiger partial charge in [-0.25, -0.2) is 8.78 Å². The third kappa shape index (κ3) is 1.20. The monoisotopic (exact) mass is 183 g/mol. The Labute approximate surface area is 72.4 Å². The van der Waals surface area contributed by atoms with Gasteiger partial charge in [-0.05, 0) is 17.5 Å². The second-order valence-electron chi connectivity index (χ2n) is 2.46. The van der Waals surface area contributed by atoms with Crippen molar-refractivity contribution >= 4 is 21.4 Å². The Morgan fingerprint density at radius 2 is 2.17 bits per heavy atom. The fourth-order valence-corrected chi connectivity index (χ4v) is 1.80. The molecule has 0 unspecified atom stereocenters. The Hall–Kier alpha value is -0.960. The van der Waals surface area contributed by atoms with Crippen LogP contribution in [0.3, 0.4) is 0 Å². The lowest BCUT2D eigenvalue weighted by Crippen LogP contribution is -1.80. The molecule has 1 aromatic carbocycles. The van der Waals surface area contributed by atoms with E-state index < -0.39 is 6.43 Å². The van der Waals surface area contributed by atoms with Crippen LogP contribution in [0.25, 0.3) is 10.1 Å². The van der Waals surface area contributed by atoms with Crippen LogP contribution in [0.2, 0.25) is 0 Å². The molecular formula is C9H5F2S. The summed E-state index contributed by atoms with van der Waals surface area (Å²) < 4.78 is 25.3. The van der Waals surface area contributed by atoms with Crippen LogP contribution in [0.15, 0.2) is 24.3 Å². The van der Waals surface area contributed by atoms with Crippen molar-refractivity contribution < 1.29 is 8.78 Å². The molecule has 0 aliphatic rings. The molecule has 3 heteroatoms. The number of hydrogen-bond donors (Lipinski definition) is 0. The smallest absolute Gasteiger partial charge is 0.205 e. The normalized spacial score (nSPS) is 11.2. The number of benzene rings is 1. The van der Waals surface area contributed by atoms with Gasteiger partial charge in [0.05, 0.1) is 0 Å². The molecule has 0 fully saturated rings. The molecule has 12 heavy (non-hydrogen) atoms. The minimum Gasteiger partial charge on any atom is -0.205 e. The second-order valence-corrected chi connectivity index (χ2v) is 3.34. The molecule has 0 bridgehead atoms. The summed E-state index contributed by atoms with van der Waals surface area (Å²) in [6.45, 7) is 0. The zero-order valence-electron chi connectivity index (χ0n) is 6.05. The van der Waals surface area contributed by atoms with Gasteiger partial charge in [0, 0.05) is 15.6 Å². The molecule has 0 nitrogen and oxygen atoms in total. The van der Waals surface area contributed by atoms with Crippen molar-refractivity contribution in [1.82, 2.24) is 0 Å². The molecule has 0 saturated carbocycles. The topological polar surface area (TPSA) is 0 Å². The Morgan fingerprint density at radius 3 is 2.92 bits per heavy atom. The molecule has 0 saturated heterocycles. The predicted molar refractivity (Wildman–Crippen MR) is 45.6 cm³/mol. The van der Waals surface area contributed by atoms with Crippen LogP contribution in [-0.2, 0) is 0 Å². The first-order valence-electron chi connectivity index (χ1n) is 3.45. The molecule has 1 heterocycles. The lowest BCUT2D eigenvalue weighted by Gasteiger charge is -1.97. The van der Waals surface area contributed by atoms with Crippen LogP contribution < -0.4 is 0 Å². The van der Waals surface area contributed by atoms with E-state index in [9.17, 15) is 8.78 Å². The number of rotatable bonds is 1. The second kappa shape index (κ2) is 2.83. The number of hydrogen-bond acceptors (Lipinski definition) is 1. The SMILES string of the molecule is FC(F)c1ccc2c[c]sc2c1. The molecule has 61 valence electrons. The summed E-state index contributed by atoms with van der Waals surface area (Å²) in [6.07, 6.45) is -2.38. The van der Waals surface area contributed by atoms with E-state index in [4.69, 9.17) is 0 Å². The van der Waals surface area contributed by atoms with E-state index in [1.54, 1.807) is 12.1 Å². The molecule has 0 aliphatic carbocycles. The standard InChI is InChI=1S/C9H5F2S/c10-9(11)7-2-1-6-3-4-12-8(6)5-7/h1-3,5,9H. The summed E-state index contributed by atoms with van der Waals surface area (Å²) in [5.41, 5.74) is 0.0818. The molecule has 1 radical (unpaired) electrons. The van der Waals surface area contributed by atoms with E-state index in [1.165, 1.54) is 23.5 Å². The van der Waals surface area contributed by atoms with Gasteiger partial charge in [0.25, 0.3) is 6.43 Å². The zero-order valence-corrected chi connectivity index (χ0v) is 6.87. The highest BCUT2D eigenvalue weighted by molar-refractivity contribution is 7.16. The van der Waals surface area contributed by atoms with Crippen molar-refractivity contribution in [3.63, 3.8) is 0 Å². The van der Waals surface area contributed by atoms with Crippen molar-refractivity contribution in [1.29, 1.82) is 0 Å². The summed E-state index contributed by atoms with van der Waals surface area (Å²) in [7, 11) is 0. The van der Waals surface area contributed by atoms with Gasteiger partial charge in [-0.2, -0.15) is 0 Å². The van der Waals surface area contributed by atoms with Gasteiger partial charge in [0.15, 0.2) is 0 Å². The number of alkyl halides is 2.